The van der Waals surface area contributed by atoms with Gasteiger partial charge in [0.25, 0.3) is 0 Å². The number of hydrogen-bond acceptors (Lipinski definition) is 2. The van der Waals surface area contributed by atoms with E-state index in [9.17, 15) is 4.79 Å². The second kappa shape index (κ2) is 2.91. The van der Waals surface area contributed by atoms with Gasteiger partial charge in [-0.25, -0.2) is 0 Å². The van der Waals surface area contributed by atoms with E-state index in [0.29, 0.717) is 0 Å². The molecule has 1 rings (SSSR count). The van der Waals surface area contributed by atoms with Crippen LogP contribution >= 0.6 is 15.9 Å². The minimum Gasteiger partial charge on any atom is -0.461 e. The molecule has 0 aromatic rings. The van der Waals surface area contributed by atoms with Crippen molar-refractivity contribution in [3.8, 4) is 0 Å². The maximum Gasteiger partial charge on any atom is 0.309 e. The van der Waals surface area contributed by atoms with Crippen LogP contribution in [0.2, 0.25) is 0 Å². The molecule has 0 aliphatic carbocycles. The molecule has 0 saturated carbocycles. The van der Waals surface area contributed by atoms with Gasteiger partial charge in [-0.05, 0) is 13.3 Å². The summed E-state index contributed by atoms with van der Waals surface area (Å²) in [4.78, 5) is 11.1. The molecule has 0 radical (unpaired) electrons. The van der Waals surface area contributed by atoms with Crippen molar-refractivity contribution in [2.24, 2.45) is 5.92 Å². The fourth-order valence-electron chi connectivity index (χ4n) is 1.04. The number of ether oxygens (including phenoxy) is 1. The molecular weight excluding hydrogens is 196 g/mol. The van der Waals surface area contributed by atoms with Gasteiger partial charge >= 0.3 is 5.97 Å². The van der Waals surface area contributed by atoms with Gasteiger partial charge in [0.2, 0.25) is 0 Å². The van der Waals surface area contributed by atoms with E-state index in [1.54, 1.807) is 0 Å². The summed E-state index contributed by atoms with van der Waals surface area (Å²) in [6, 6.07) is 0. The highest BCUT2D eigenvalue weighted by molar-refractivity contribution is 9.09. The minimum atomic E-state index is -0.0590. The third kappa shape index (κ3) is 1.51. The first-order valence-electron chi connectivity index (χ1n) is 3.46. The van der Waals surface area contributed by atoms with Crippen LogP contribution in [-0.2, 0) is 9.53 Å². The van der Waals surface area contributed by atoms with Crippen molar-refractivity contribution < 1.29 is 9.53 Å². The number of cyclic esters (lactones) is 1. The molecule has 1 saturated heterocycles. The van der Waals surface area contributed by atoms with E-state index in [-0.39, 0.29) is 22.8 Å². The standard InChI is InChI=1S/C7H11BrO2/c1-4-3-6(5(2)8)10-7(4)9/h4-6H,3H2,1-2H3/t4-,5?,6+/m1/s1. The molecule has 3 heteroatoms. The third-order valence-electron chi connectivity index (χ3n) is 1.77. The molecule has 0 aromatic carbocycles. The van der Waals surface area contributed by atoms with Crippen LogP contribution in [-0.4, -0.2) is 16.9 Å². The van der Waals surface area contributed by atoms with Crippen LogP contribution in [0.5, 0.6) is 0 Å². The average molecular weight is 207 g/mol. The molecule has 1 unspecified atom stereocenters. The van der Waals surface area contributed by atoms with Gasteiger partial charge in [-0.3, -0.25) is 4.79 Å². The van der Waals surface area contributed by atoms with Gasteiger partial charge in [-0.1, -0.05) is 22.9 Å². The van der Waals surface area contributed by atoms with E-state index < -0.39 is 0 Å². The lowest BCUT2D eigenvalue weighted by atomic mass is 10.1. The lowest BCUT2D eigenvalue weighted by molar-refractivity contribution is -0.143. The molecule has 1 aliphatic heterocycles. The molecule has 58 valence electrons. The number of halogens is 1. The van der Waals surface area contributed by atoms with Crippen LogP contribution in [0.1, 0.15) is 20.3 Å². The Morgan fingerprint density at radius 2 is 2.40 bits per heavy atom. The smallest absolute Gasteiger partial charge is 0.309 e. The molecule has 0 bridgehead atoms. The number of carbonyl (C=O) groups is 1. The van der Waals surface area contributed by atoms with Crippen molar-refractivity contribution >= 4 is 21.9 Å². The van der Waals surface area contributed by atoms with Crippen LogP contribution in [0.25, 0.3) is 0 Å². The Bertz CT molecular complexity index is 145. The normalized spacial score (nSPS) is 35.7. The second-order valence-electron chi connectivity index (χ2n) is 2.79. The van der Waals surface area contributed by atoms with Crippen molar-refractivity contribution in [1.82, 2.24) is 0 Å². The van der Waals surface area contributed by atoms with E-state index in [2.05, 4.69) is 15.9 Å². The number of rotatable bonds is 1. The third-order valence-corrected chi connectivity index (χ3v) is 2.36. The van der Waals surface area contributed by atoms with Crippen LogP contribution in [0.3, 0.4) is 0 Å². The molecular formula is C7H11BrO2. The monoisotopic (exact) mass is 206 g/mol. The second-order valence-corrected chi connectivity index (χ2v) is 4.23. The lowest BCUT2D eigenvalue weighted by Crippen LogP contribution is -2.16. The molecule has 0 amide bonds. The average Bonchev–Trinajstić information content (AvgIpc) is 2.13. The van der Waals surface area contributed by atoms with Crippen molar-refractivity contribution in [2.75, 3.05) is 0 Å². The SMILES string of the molecule is CC(Br)[C@@H]1C[C@@H](C)C(=O)O1. The summed E-state index contributed by atoms with van der Waals surface area (Å²) < 4.78 is 5.05. The zero-order chi connectivity index (χ0) is 7.72. The van der Waals surface area contributed by atoms with Crippen LogP contribution in [0.15, 0.2) is 0 Å². The Hall–Kier alpha value is -0.0500. The number of carbonyl (C=O) groups excluding carboxylic acids is 1. The maximum absolute atomic E-state index is 10.8. The Balaban J connectivity index is 2.49. The van der Waals surface area contributed by atoms with E-state index in [4.69, 9.17) is 4.74 Å². The van der Waals surface area contributed by atoms with Crippen molar-refractivity contribution in [3.05, 3.63) is 0 Å². The molecule has 10 heavy (non-hydrogen) atoms. The summed E-state index contributed by atoms with van der Waals surface area (Å²) in [5.41, 5.74) is 0. The molecule has 0 aromatic heterocycles. The fraction of sp³-hybridized carbons (Fsp3) is 0.857. The maximum atomic E-state index is 10.8. The minimum absolute atomic E-state index is 0.0590. The Morgan fingerprint density at radius 3 is 2.60 bits per heavy atom. The Kier molecular flexibility index (Phi) is 2.34. The molecule has 2 nitrogen and oxygen atoms in total. The van der Waals surface area contributed by atoms with Gasteiger partial charge in [-0.15, -0.1) is 0 Å². The van der Waals surface area contributed by atoms with Gasteiger partial charge in [0, 0.05) is 4.83 Å². The fourth-order valence-corrected chi connectivity index (χ4v) is 1.36. The van der Waals surface area contributed by atoms with Crippen LogP contribution < -0.4 is 0 Å². The van der Waals surface area contributed by atoms with Gasteiger partial charge in [0.15, 0.2) is 0 Å². The summed E-state index contributed by atoms with van der Waals surface area (Å²) in [6.07, 6.45) is 0.938. The summed E-state index contributed by atoms with van der Waals surface area (Å²) in [5.74, 6) is 0.0290. The largest absolute Gasteiger partial charge is 0.461 e. The molecule has 0 N–H and O–H groups in total. The highest BCUT2D eigenvalue weighted by Gasteiger charge is 2.33. The lowest BCUT2D eigenvalue weighted by Gasteiger charge is -2.09. The summed E-state index contributed by atoms with van der Waals surface area (Å²) in [5, 5.41) is 0. The van der Waals surface area contributed by atoms with Crippen molar-refractivity contribution in [3.63, 3.8) is 0 Å². The topological polar surface area (TPSA) is 26.3 Å². The van der Waals surface area contributed by atoms with Gasteiger partial charge in [0.05, 0.1) is 5.92 Å². The van der Waals surface area contributed by atoms with E-state index in [0.717, 1.165) is 6.42 Å². The highest BCUT2D eigenvalue weighted by atomic mass is 79.9. The molecule has 1 heterocycles. The predicted octanol–water partition coefficient (Wildman–Crippen LogP) is 1.72. The quantitative estimate of drug-likeness (QED) is 0.483. The zero-order valence-corrected chi connectivity index (χ0v) is 7.72. The van der Waals surface area contributed by atoms with Gasteiger partial charge in [-0.2, -0.15) is 0 Å². The van der Waals surface area contributed by atoms with E-state index in [1.807, 2.05) is 13.8 Å². The Labute approximate surface area is 69.1 Å². The van der Waals surface area contributed by atoms with E-state index in [1.165, 1.54) is 0 Å². The number of alkyl halides is 1. The number of esters is 1. The molecule has 1 aliphatic rings. The van der Waals surface area contributed by atoms with Gasteiger partial charge < -0.3 is 4.74 Å². The van der Waals surface area contributed by atoms with Gasteiger partial charge in [0.1, 0.15) is 6.10 Å². The Morgan fingerprint density at radius 1 is 1.80 bits per heavy atom. The summed E-state index contributed by atoms with van der Waals surface area (Å²) >= 11 is 3.38. The van der Waals surface area contributed by atoms with Crippen molar-refractivity contribution in [2.45, 2.75) is 31.2 Å². The zero-order valence-electron chi connectivity index (χ0n) is 6.13. The van der Waals surface area contributed by atoms with E-state index >= 15 is 0 Å². The van der Waals surface area contributed by atoms with Crippen LogP contribution in [0.4, 0.5) is 0 Å². The predicted molar refractivity (Wildman–Crippen MR) is 42.1 cm³/mol. The first-order chi connectivity index (χ1) is 4.61. The summed E-state index contributed by atoms with van der Waals surface area (Å²) in [7, 11) is 0. The van der Waals surface area contributed by atoms with Crippen molar-refractivity contribution in [1.29, 1.82) is 0 Å². The number of hydrogen-bond donors (Lipinski definition) is 0. The first kappa shape index (κ1) is 8.05. The molecule has 3 atom stereocenters. The first-order valence-corrected chi connectivity index (χ1v) is 4.37. The molecule has 1 fully saturated rings. The summed E-state index contributed by atoms with van der Waals surface area (Å²) in [6.45, 7) is 3.90. The van der Waals surface area contributed by atoms with Crippen LogP contribution in [0, 0.1) is 5.92 Å². The highest BCUT2D eigenvalue weighted by Crippen LogP contribution is 2.25. The molecule has 0 spiro atoms.